The molecule has 1 unspecified atom stereocenters. The molecule has 2 amide bonds. The Morgan fingerprint density at radius 3 is 2.86 bits per heavy atom. The fourth-order valence-electron chi connectivity index (χ4n) is 2.69. The summed E-state index contributed by atoms with van der Waals surface area (Å²) in [6.45, 7) is 4.12. The molecule has 5 heteroatoms. The lowest BCUT2D eigenvalue weighted by Gasteiger charge is -2.21. The number of amides is 2. The van der Waals surface area contributed by atoms with E-state index in [1.54, 1.807) is 4.90 Å². The predicted octanol–water partition coefficient (Wildman–Crippen LogP) is 1.58. The van der Waals surface area contributed by atoms with E-state index in [1.165, 1.54) is 5.56 Å². The van der Waals surface area contributed by atoms with E-state index in [9.17, 15) is 4.79 Å². The van der Waals surface area contributed by atoms with Gasteiger partial charge in [0.25, 0.3) is 0 Å². The van der Waals surface area contributed by atoms with Gasteiger partial charge in [-0.3, -0.25) is 0 Å². The van der Waals surface area contributed by atoms with Gasteiger partial charge in [0, 0.05) is 51.9 Å². The van der Waals surface area contributed by atoms with Crippen molar-refractivity contribution in [2.45, 2.75) is 19.9 Å². The van der Waals surface area contributed by atoms with Crippen LogP contribution in [0.3, 0.4) is 0 Å². The van der Waals surface area contributed by atoms with E-state index in [0.717, 1.165) is 24.2 Å². The van der Waals surface area contributed by atoms with Crippen molar-refractivity contribution in [2.75, 3.05) is 38.7 Å². The maximum Gasteiger partial charge on any atom is 0.317 e. The average molecular weight is 291 g/mol. The highest BCUT2D eigenvalue weighted by molar-refractivity contribution is 5.74. The lowest BCUT2D eigenvalue weighted by molar-refractivity contribution is 0.198. The van der Waals surface area contributed by atoms with Crippen LogP contribution in [-0.2, 0) is 6.54 Å². The molecular formula is C16H25N3O2. The van der Waals surface area contributed by atoms with Crippen molar-refractivity contribution in [3.05, 3.63) is 29.3 Å². The molecule has 116 valence electrons. The van der Waals surface area contributed by atoms with Crippen molar-refractivity contribution in [2.24, 2.45) is 5.92 Å². The van der Waals surface area contributed by atoms with Crippen LogP contribution in [0.25, 0.3) is 0 Å². The van der Waals surface area contributed by atoms with E-state index in [2.05, 4.69) is 35.3 Å². The standard InChI is InChI=1S/C16H25N3O2/c1-12-4-5-14(15(8-12)18(2)3)9-17-16(21)19-7-6-13(10-19)11-20/h4-5,8,13,20H,6-7,9-11H2,1-3H3,(H,17,21). The fourth-order valence-corrected chi connectivity index (χ4v) is 2.69. The molecule has 0 radical (unpaired) electrons. The summed E-state index contributed by atoms with van der Waals surface area (Å²) in [5.74, 6) is 0.229. The monoisotopic (exact) mass is 291 g/mol. The normalized spacial score (nSPS) is 17.9. The Balaban J connectivity index is 1.95. The van der Waals surface area contributed by atoms with E-state index in [1.807, 2.05) is 14.1 Å². The van der Waals surface area contributed by atoms with Crippen LogP contribution in [0, 0.1) is 12.8 Å². The van der Waals surface area contributed by atoms with Gasteiger partial charge in [-0.15, -0.1) is 0 Å². The zero-order valence-corrected chi connectivity index (χ0v) is 13.1. The number of aryl methyl sites for hydroxylation is 1. The van der Waals surface area contributed by atoms with Gasteiger partial charge < -0.3 is 20.2 Å². The quantitative estimate of drug-likeness (QED) is 0.885. The second kappa shape index (κ2) is 6.80. The van der Waals surface area contributed by atoms with Gasteiger partial charge in [-0.1, -0.05) is 12.1 Å². The summed E-state index contributed by atoms with van der Waals surface area (Å²) in [6, 6.07) is 6.20. The smallest absolute Gasteiger partial charge is 0.317 e. The SMILES string of the molecule is Cc1ccc(CNC(=O)N2CCC(CO)C2)c(N(C)C)c1. The van der Waals surface area contributed by atoms with Crippen LogP contribution < -0.4 is 10.2 Å². The summed E-state index contributed by atoms with van der Waals surface area (Å²) in [6.07, 6.45) is 0.886. The van der Waals surface area contributed by atoms with Crippen LogP contribution in [0.2, 0.25) is 0 Å². The van der Waals surface area contributed by atoms with Gasteiger partial charge in [-0.05, 0) is 30.5 Å². The molecule has 1 saturated heterocycles. The number of urea groups is 1. The second-order valence-corrected chi connectivity index (χ2v) is 5.97. The van der Waals surface area contributed by atoms with Crippen molar-refractivity contribution >= 4 is 11.7 Å². The van der Waals surface area contributed by atoms with Crippen molar-refractivity contribution < 1.29 is 9.90 Å². The third kappa shape index (κ3) is 3.88. The number of rotatable bonds is 4. The summed E-state index contributed by atoms with van der Waals surface area (Å²) in [7, 11) is 4.01. The minimum atomic E-state index is -0.0452. The number of hydrogen-bond donors (Lipinski definition) is 2. The van der Waals surface area contributed by atoms with Crippen molar-refractivity contribution in [3.8, 4) is 0 Å². The minimum Gasteiger partial charge on any atom is -0.396 e. The number of likely N-dealkylation sites (tertiary alicyclic amines) is 1. The summed E-state index contributed by atoms with van der Waals surface area (Å²) >= 11 is 0. The number of nitrogens with zero attached hydrogens (tertiary/aromatic N) is 2. The van der Waals surface area contributed by atoms with Gasteiger partial charge in [0.2, 0.25) is 0 Å². The molecule has 0 aliphatic carbocycles. The van der Waals surface area contributed by atoms with Crippen molar-refractivity contribution in [1.82, 2.24) is 10.2 Å². The molecule has 2 N–H and O–H groups in total. The van der Waals surface area contributed by atoms with Gasteiger partial charge >= 0.3 is 6.03 Å². The Labute approximate surface area is 126 Å². The van der Waals surface area contributed by atoms with Crippen molar-refractivity contribution in [3.63, 3.8) is 0 Å². The third-order valence-electron chi connectivity index (χ3n) is 3.98. The Bertz CT molecular complexity index is 502. The first-order valence-electron chi connectivity index (χ1n) is 7.41. The molecule has 21 heavy (non-hydrogen) atoms. The zero-order chi connectivity index (χ0) is 15.4. The molecule has 1 aliphatic heterocycles. The summed E-state index contributed by atoms with van der Waals surface area (Å²) in [5, 5.41) is 12.1. The highest BCUT2D eigenvalue weighted by Crippen LogP contribution is 2.20. The summed E-state index contributed by atoms with van der Waals surface area (Å²) in [5.41, 5.74) is 3.45. The van der Waals surface area contributed by atoms with Gasteiger partial charge in [0.15, 0.2) is 0 Å². The Morgan fingerprint density at radius 1 is 1.48 bits per heavy atom. The first kappa shape index (κ1) is 15.6. The number of carbonyl (C=O) groups is 1. The Kier molecular flexibility index (Phi) is 5.07. The molecule has 1 heterocycles. The number of carbonyl (C=O) groups excluding carboxylic acids is 1. The molecule has 0 aromatic heterocycles. The fraction of sp³-hybridized carbons (Fsp3) is 0.562. The maximum absolute atomic E-state index is 12.1. The van der Waals surface area contributed by atoms with Crippen LogP contribution in [0.15, 0.2) is 18.2 Å². The molecule has 2 rings (SSSR count). The van der Waals surface area contributed by atoms with Gasteiger partial charge in [-0.2, -0.15) is 0 Å². The third-order valence-corrected chi connectivity index (χ3v) is 3.98. The maximum atomic E-state index is 12.1. The molecule has 0 bridgehead atoms. The highest BCUT2D eigenvalue weighted by Gasteiger charge is 2.25. The lowest BCUT2D eigenvalue weighted by atomic mass is 10.1. The lowest BCUT2D eigenvalue weighted by Crippen LogP contribution is -2.38. The first-order valence-corrected chi connectivity index (χ1v) is 7.41. The molecule has 1 atom stereocenters. The Hall–Kier alpha value is -1.75. The van der Waals surface area contributed by atoms with Gasteiger partial charge in [0.1, 0.15) is 0 Å². The molecule has 1 aromatic carbocycles. The first-order chi connectivity index (χ1) is 10.0. The number of hydrogen-bond acceptors (Lipinski definition) is 3. The summed E-state index contributed by atoms with van der Waals surface area (Å²) in [4.78, 5) is 16.0. The molecule has 0 spiro atoms. The number of aliphatic hydroxyl groups is 1. The second-order valence-electron chi connectivity index (χ2n) is 5.97. The van der Waals surface area contributed by atoms with Crippen LogP contribution in [-0.4, -0.2) is 49.8 Å². The highest BCUT2D eigenvalue weighted by atomic mass is 16.3. The molecule has 1 fully saturated rings. The Morgan fingerprint density at radius 2 is 2.24 bits per heavy atom. The van der Waals surface area contributed by atoms with Crippen LogP contribution in [0.1, 0.15) is 17.5 Å². The predicted molar refractivity (Wildman–Crippen MR) is 84.5 cm³/mol. The molecule has 1 aromatic rings. The van der Waals surface area contributed by atoms with E-state index < -0.39 is 0 Å². The summed E-state index contributed by atoms with van der Waals surface area (Å²) < 4.78 is 0. The number of aliphatic hydroxyl groups excluding tert-OH is 1. The number of nitrogens with one attached hydrogen (secondary N) is 1. The van der Waals surface area contributed by atoms with Gasteiger partial charge in [0.05, 0.1) is 0 Å². The van der Waals surface area contributed by atoms with E-state index in [-0.39, 0.29) is 18.6 Å². The number of anilines is 1. The van der Waals surface area contributed by atoms with E-state index in [0.29, 0.717) is 13.1 Å². The topological polar surface area (TPSA) is 55.8 Å². The van der Waals surface area contributed by atoms with E-state index in [4.69, 9.17) is 5.11 Å². The average Bonchev–Trinajstić information content (AvgIpc) is 2.94. The van der Waals surface area contributed by atoms with Crippen LogP contribution in [0.5, 0.6) is 0 Å². The minimum absolute atomic E-state index is 0.0452. The van der Waals surface area contributed by atoms with E-state index >= 15 is 0 Å². The van der Waals surface area contributed by atoms with Crippen LogP contribution >= 0.6 is 0 Å². The molecule has 5 nitrogen and oxygen atoms in total. The van der Waals surface area contributed by atoms with Gasteiger partial charge in [-0.25, -0.2) is 4.79 Å². The van der Waals surface area contributed by atoms with Crippen molar-refractivity contribution in [1.29, 1.82) is 0 Å². The number of benzene rings is 1. The molecule has 1 aliphatic rings. The molecule has 0 saturated carbocycles. The molecular weight excluding hydrogens is 266 g/mol. The largest absolute Gasteiger partial charge is 0.396 e. The van der Waals surface area contributed by atoms with Crippen LogP contribution in [0.4, 0.5) is 10.5 Å². The zero-order valence-electron chi connectivity index (χ0n) is 13.1.